The van der Waals surface area contributed by atoms with Crippen molar-refractivity contribution in [1.82, 2.24) is 0 Å². The van der Waals surface area contributed by atoms with E-state index in [1.54, 1.807) is 0 Å². The van der Waals surface area contributed by atoms with Crippen LogP contribution < -0.4 is 0 Å². The second kappa shape index (κ2) is 3.59. The third-order valence-corrected chi connectivity index (χ3v) is 4.31. The molecule has 0 heterocycles. The summed E-state index contributed by atoms with van der Waals surface area (Å²) < 4.78 is 0. The van der Waals surface area contributed by atoms with Crippen molar-refractivity contribution in [1.29, 1.82) is 0 Å². The molecule has 0 saturated heterocycles. The summed E-state index contributed by atoms with van der Waals surface area (Å²) >= 11 is 0. The maximum Gasteiger partial charge on any atom is 0.307 e. The first-order valence-electron chi connectivity index (χ1n) is 6.07. The van der Waals surface area contributed by atoms with Crippen LogP contribution >= 0.6 is 0 Å². The van der Waals surface area contributed by atoms with Gasteiger partial charge in [-0.1, -0.05) is 26.0 Å². The van der Waals surface area contributed by atoms with Crippen molar-refractivity contribution in [3.63, 3.8) is 0 Å². The van der Waals surface area contributed by atoms with Gasteiger partial charge in [0.05, 0.1) is 5.92 Å². The van der Waals surface area contributed by atoms with Gasteiger partial charge in [0, 0.05) is 5.92 Å². The Labute approximate surface area is 103 Å². The van der Waals surface area contributed by atoms with E-state index in [1.165, 1.54) is 22.3 Å². The summed E-state index contributed by atoms with van der Waals surface area (Å²) in [5, 5.41) is 9.24. The molecule has 0 amide bonds. The number of carboxylic acids is 1. The Morgan fingerprint density at radius 2 is 1.65 bits per heavy atom. The topological polar surface area (TPSA) is 37.3 Å². The van der Waals surface area contributed by atoms with Crippen molar-refractivity contribution >= 4 is 5.97 Å². The van der Waals surface area contributed by atoms with Crippen molar-refractivity contribution in [3.05, 3.63) is 34.4 Å². The SMILES string of the molecule is Cc1cc(C)c([C@@H]2[C@@H](C(=O)O)C2(C)C)cc1C. The Bertz CT molecular complexity index is 486. The predicted octanol–water partition coefficient (Wildman–Crippen LogP) is 3.44. The summed E-state index contributed by atoms with van der Waals surface area (Å²) in [6, 6.07) is 4.33. The highest BCUT2D eigenvalue weighted by Crippen LogP contribution is 2.65. The molecule has 17 heavy (non-hydrogen) atoms. The molecule has 1 aromatic carbocycles. The van der Waals surface area contributed by atoms with Gasteiger partial charge in [-0.3, -0.25) is 4.79 Å². The maximum absolute atomic E-state index is 11.2. The van der Waals surface area contributed by atoms with Gasteiger partial charge in [0.25, 0.3) is 0 Å². The second-order valence-corrected chi connectivity index (χ2v) is 5.91. The first-order valence-corrected chi connectivity index (χ1v) is 6.07. The molecule has 1 aliphatic rings. The molecule has 1 N–H and O–H groups in total. The van der Waals surface area contributed by atoms with E-state index in [4.69, 9.17) is 0 Å². The molecular weight excluding hydrogens is 212 g/mol. The molecule has 2 rings (SSSR count). The van der Waals surface area contributed by atoms with Gasteiger partial charge in [0.2, 0.25) is 0 Å². The average Bonchev–Trinajstić information content (AvgIpc) is 2.75. The van der Waals surface area contributed by atoms with Crippen LogP contribution in [0.2, 0.25) is 0 Å². The first kappa shape index (κ1) is 12.2. The molecule has 0 spiro atoms. The van der Waals surface area contributed by atoms with E-state index in [2.05, 4.69) is 32.9 Å². The summed E-state index contributed by atoms with van der Waals surface area (Å²) in [5.41, 5.74) is 4.84. The minimum absolute atomic E-state index is 0.113. The summed E-state index contributed by atoms with van der Waals surface area (Å²) in [4.78, 5) is 11.2. The number of hydrogen-bond acceptors (Lipinski definition) is 1. The average molecular weight is 232 g/mol. The van der Waals surface area contributed by atoms with Crippen LogP contribution in [-0.2, 0) is 4.79 Å². The Balaban J connectivity index is 2.44. The largest absolute Gasteiger partial charge is 0.481 e. The van der Waals surface area contributed by atoms with Crippen molar-refractivity contribution in [2.45, 2.75) is 40.5 Å². The number of aryl methyl sites for hydroxylation is 3. The molecule has 2 nitrogen and oxygen atoms in total. The van der Waals surface area contributed by atoms with Gasteiger partial charge in [0.15, 0.2) is 0 Å². The lowest BCUT2D eigenvalue weighted by molar-refractivity contribution is -0.139. The molecule has 1 aliphatic carbocycles. The number of benzene rings is 1. The number of hydrogen-bond donors (Lipinski definition) is 1. The van der Waals surface area contributed by atoms with Crippen LogP contribution in [0.4, 0.5) is 0 Å². The zero-order chi connectivity index (χ0) is 13.0. The quantitative estimate of drug-likeness (QED) is 0.848. The van der Waals surface area contributed by atoms with Gasteiger partial charge in [-0.15, -0.1) is 0 Å². The lowest BCUT2D eigenvalue weighted by Gasteiger charge is -2.10. The third-order valence-electron chi connectivity index (χ3n) is 4.31. The highest BCUT2D eigenvalue weighted by Gasteiger charge is 2.62. The normalized spacial score (nSPS) is 25.7. The summed E-state index contributed by atoms with van der Waals surface area (Å²) in [6.45, 7) is 10.4. The number of rotatable bonds is 2. The number of carbonyl (C=O) groups is 1. The predicted molar refractivity (Wildman–Crippen MR) is 68.3 cm³/mol. The van der Waals surface area contributed by atoms with Crippen molar-refractivity contribution in [3.8, 4) is 0 Å². The van der Waals surface area contributed by atoms with Crippen molar-refractivity contribution in [2.75, 3.05) is 0 Å². The molecule has 1 saturated carbocycles. The molecule has 92 valence electrons. The number of carboxylic acid groups (broad SMARTS) is 1. The zero-order valence-electron chi connectivity index (χ0n) is 11.2. The van der Waals surface area contributed by atoms with Gasteiger partial charge < -0.3 is 5.11 Å². The maximum atomic E-state index is 11.2. The Kier molecular flexibility index (Phi) is 2.57. The van der Waals surface area contributed by atoms with Crippen LogP contribution in [0, 0.1) is 32.1 Å². The van der Waals surface area contributed by atoms with Gasteiger partial charge >= 0.3 is 5.97 Å². The van der Waals surface area contributed by atoms with Gasteiger partial charge in [-0.05, 0) is 48.4 Å². The lowest BCUT2D eigenvalue weighted by atomic mass is 9.94. The fourth-order valence-electron chi connectivity index (χ4n) is 3.00. The molecule has 1 aromatic rings. The van der Waals surface area contributed by atoms with E-state index in [9.17, 15) is 9.90 Å². The molecule has 0 bridgehead atoms. The van der Waals surface area contributed by atoms with Crippen LogP contribution in [0.3, 0.4) is 0 Å². The van der Waals surface area contributed by atoms with E-state index in [-0.39, 0.29) is 17.3 Å². The van der Waals surface area contributed by atoms with Gasteiger partial charge in [0.1, 0.15) is 0 Å². The van der Waals surface area contributed by atoms with E-state index < -0.39 is 5.97 Å². The fourth-order valence-corrected chi connectivity index (χ4v) is 3.00. The van der Waals surface area contributed by atoms with E-state index in [1.807, 2.05) is 13.8 Å². The van der Waals surface area contributed by atoms with Crippen LogP contribution in [-0.4, -0.2) is 11.1 Å². The summed E-state index contributed by atoms with van der Waals surface area (Å²) in [6.07, 6.45) is 0. The van der Waals surface area contributed by atoms with Crippen LogP contribution in [0.5, 0.6) is 0 Å². The molecule has 0 aromatic heterocycles. The highest BCUT2D eigenvalue weighted by molar-refractivity contribution is 5.78. The zero-order valence-corrected chi connectivity index (χ0v) is 11.2. The molecule has 2 heteroatoms. The summed E-state index contributed by atoms with van der Waals surface area (Å²) in [5.74, 6) is -0.736. The highest BCUT2D eigenvalue weighted by atomic mass is 16.4. The smallest absolute Gasteiger partial charge is 0.307 e. The molecule has 0 unspecified atom stereocenters. The van der Waals surface area contributed by atoms with E-state index in [0.717, 1.165) is 0 Å². The monoisotopic (exact) mass is 232 g/mol. The molecule has 0 radical (unpaired) electrons. The molecule has 2 atom stereocenters. The van der Waals surface area contributed by atoms with Crippen LogP contribution in [0.15, 0.2) is 12.1 Å². The minimum atomic E-state index is -0.669. The summed E-state index contributed by atoms with van der Waals surface area (Å²) in [7, 11) is 0. The lowest BCUT2D eigenvalue weighted by Crippen LogP contribution is -2.03. The molecular formula is C15H20O2. The van der Waals surface area contributed by atoms with E-state index in [0.29, 0.717) is 0 Å². The Morgan fingerprint density at radius 1 is 1.12 bits per heavy atom. The Hall–Kier alpha value is -1.31. The van der Waals surface area contributed by atoms with Crippen molar-refractivity contribution in [2.24, 2.45) is 11.3 Å². The first-order chi connectivity index (χ1) is 7.76. The Morgan fingerprint density at radius 3 is 2.12 bits per heavy atom. The molecule has 1 fully saturated rings. The molecule has 0 aliphatic heterocycles. The second-order valence-electron chi connectivity index (χ2n) is 5.91. The van der Waals surface area contributed by atoms with E-state index >= 15 is 0 Å². The van der Waals surface area contributed by atoms with Crippen molar-refractivity contribution < 1.29 is 9.90 Å². The number of aliphatic carboxylic acids is 1. The fraction of sp³-hybridized carbons (Fsp3) is 0.533. The minimum Gasteiger partial charge on any atom is -0.481 e. The van der Waals surface area contributed by atoms with Crippen LogP contribution in [0.1, 0.15) is 42.0 Å². The van der Waals surface area contributed by atoms with Crippen LogP contribution in [0.25, 0.3) is 0 Å². The third kappa shape index (κ3) is 1.76. The standard InChI is InChI=1S/C15H20O2/c1-8-6-10(3)11(7-9(8)2)12-13(14(16)17)15(12,4)5/h6-7,12-13H,1-5H3,(H,16,17)/t12-,13+/m1/s1. The van der Waals surface area contributed by atoms with Gasteiger partial charge in [-0.25, -0.2) is 0 Å². The van der Waals surface area contributed by atoms with Gasteiger partial charge in [-0.2, -0.15) is 0 Å².